The first kappa shape index (κ1) is 20.8. The number of rotatable bonds is 1. The van der Waals surface area contributed by atoms with Gasteiger partial charge in [-0.05, 0) is 69.4 Å². The van der Waals surface area contributed by atoms with Crippen LogP contribution in [0.1, 0.15) is 55.6 Å². The van der Waals surface area contributed by atoms with Crippen LogP contribution in [0.25, 0.3) is 10.9 Å². The van der Waals surface area contributed by atoms with Gasteiger partial charge in [-0.2, -0.15) is 0 Å². The van der Waals surface area contributed by atoms with E-state index in [4.69, 9.17) is 11.6 Å². The van der Waals surface area contributed by atoms with Gasteiger partial charge in [0.2, 0.25) is 0 Å². The molecule has 2 aromatic rings. The van der Waals surface area contributed by atoms with E-state index >= 15 is 0 Å². The van der Waals surface area contributed by atoms with E-state index in [0.717, 1.165) is 52.6 Å². The molecule has 1 aromatic heterocycles. The number of nitrogens with zero attached hydrogens (tertiary/aromatic N) is 1. The van der Waals surface area contributed by atoms with Crippen LogP contribution in [-0.4, -0.2) is 28.4 Å². The molecule has 4 rings (SSSR count). The Kier molecular flexibility index (Phi) is 5.76. The molecule has 3 N–H and O–H groups in total. The van der Waals surface area contributed by atoms with Crippen LogP contribution in [-0.2, 0) is 6.42 Å². The van der Waals surface area contributed by atoms with Gasteiger partial charge in [-0.15, -0.1) is 0 Å². The van der Waals surface area contributed by atoms with Crippen molar-refractivity contribution < 1.29 is 9.90 Å². The summed E-state index contributed by atoms with van der Waals surface area (Å²) >= 11 is 6.41. The summed E-state index contributed by atoms with van der Waals surface area (Å²) in [6.07, 6.45) is 10.2. The Bertz CT molecular complexity index is 1090. The standard InChI is InChI=1S/C24H28ClN3O2/c1-14(2)28-13-17-8-6-4-5-7-16-9-15(3)27-24(30)20(16)12-26-23(29)19-10-18(25)11-21(28)22(17)19/h4,6,9-11,13-14,24,27,30H,5,7-8,12H2,1-3H3,(H,26,29)/b6-4+. The molecule has 1 amide bonds. The number of hydrogen-bond donors (Lipinski definition) is 3. The minimum atomic E-state index is -0.795. The maximum absolute atomic E-state index is 13.2. The van der Waals surface area contributed by atoms with Gasteiger partial charge in [-0.1, -0.05) is 23.8 Å². The SMILES string of the molecule is CC1=CC2=C(CNC(=O)c3cc(Cl)cc4c3c(cn4C(C)C)C/C=C/CC2)C(O)N1. The molecule has 0 spiro atoms. The molecule has 0 bridgehead atoms. The summed E-state index contributed by atoms with van der Waals surface area (Å²) in [7, 11) is 0. The van der Waals surface area contributed by atoms with Crippen LogP contribution in [0, 0.1) is 0 Å². The highest BCUT2D eigenvalue weighted by atomic mass is 35.5. The maximum Gasteiger partial charge on any atom is 0.252 e. The Hall–Kier alpha value is -2.50. The number of aliphatic hydroxyl groups is 1. The summed E-state index contributed by atoms with van der Waals surface area (Å²) in [4.78, 5) is 13.2. The Morgan fingerprint density at radius 2 is 2.07 bits per heavy atom. The smallest absolute Gasteiger partial charge is 0.252 e. The zero-order chi connectivity index (χ0) is 21.4. The summed E-state index contributed by atoms with van der Waals surface area (Å²) in [5.41, 5.74) is 5.47. The number of aromatic nitrogens is 1. The molecule has 5 nitrogen and oxygen atoms in total. The largest absolute Gasteiger partial charge is 0.370 e. The van der Waals surface area contributed by atoms with Crippen LogP contribution in [0.2, 0.25) is 5.02 Å². The van der Waals surface area contributed by atoms with E-state index in [1.165, 1.54) is 0 Å². The van der Waals surface area contributed by atoms with Crippen molar-refractivity contribution in [1.29, 1.82) is 0 Å². The molecule has 2 aliphatic rings. The first-order valence-electron chi connectivity index (χ1n) is 10.5. The number of nitrogens with one attached hydrogen (secondary N) is 2. The number of carbonyl (C=O) groups is 1. The van der Waals surface area contributed by atoms with Crippen molar-refractivity contribution in [2.24, 2.45) is 0 Å². The van der Waals surface area contributed by atoms with Crippen LogP contribution in [0.15, 0.2) is 53.4 Å². The minimum Gasteiger partial charge on any atom is -0.370 e. The van der Waals surface area contributed by atoms with Crippen molar-refractivity contribution in [2.75, 3.05) is 6.54 Å². The third kappa shape index (κ3) is 3.92. The molecule has 30 heavy (non-hydrogen) atoms. The zero-order valence-electron chi connectivity index (χ0n) is 17.6. The molecule has 0 fully saturated rings. The average molecular weight is 426 g/mol. The number of hydrogen-bond acceptors (Lipinski definition) is 3. The van der Waals surface area contributed by atoms with Crippen molar-refractivity contribution >= 4 is 28.4 Å². The third-order valence-electron chi connectivity index (χ3n) is 5.80. The zero-order valence-corrected chi connectivity index (χ0v) is 18.4. The average Bonchev–Trinajstić information content (AvgIpc) is 3.04. The van der Waals surface area contributed by atoms with Crippen molar-refractivity contribution in [2.45, 2.75) is 52.3 Å². The molecule has 6 heteroatoms. The van der Waals surface area contributed by atoms with Gasteiger partial charge in [0.15, 0.2) is 0 Å². The molecule has 1 atom stereocenters. The second-order valence-corrected chi connectivity index (χ2v) is 8.76. The minimum absolute atomic E-state index is 0.182. The third-order valence-corrected chi connectivity index (χ3v) is 6.02. The van der Waals surface area contributed by atoms with Gasteiger partial charge >= 0.3 is 0 Å². The van der Waals surface area contributed by atoms with E-state index in [0.29, 0.717) is 10.6 Å². The first-order chi connectivity index (χ1) is 14.3. The van der Waals surface area contributed by atoms with E-state index in [1.807, 2.05) is 13.0 Å². The first-order valence-corrected chi connectivity index (χ1v) is 10.8. The van der Waals surface area contributed by atoms with Crippen LogP contribution in [0.3, 0.4) is 0 Å². The Labute approximate surface area is 182 Å². The molecule has 1 aromatic carbocycles. The molecule has 0 radical (unpaired) electrons. The van der Waals surface area contributed by atoms with Crippen LogP contribution in [0.5, 0.6) is 0 Å². The number of aliphatic hydroxyl groups excluding tert-OH is 1. The molecule has 0 saturated heterocycles. The molecule has 1 unspecified atom stereocenters. The van der Waals surface area contributed by atoms with Crippen molar-refractivity contribution in [3.63, 3.8) is 0 Å². The quantitative estimate of drug-likeness (QED) is 0.584. The molecule has 3 heterocycles. The highest BCUT2D eigenvalue weighted by molar-refractivity contribution is 6.32. The normalized spacial score (nSPS) is 21.2. The fraction of sp³-hybridized carbons (Fsp3) is 0.375. The van der Waals surface area contributed by atoms with Gasteiger partial charge in [0.25, 0.3) is 5.91 Å². The fourth-order valence-corrected chi connectivity index (χ4v) is 4.56. The van der Waals surface area contributed by atoms with Gasteiger partial charge < -0.3 is 20.3 Å². The van der Waals surface area contributed by atoms with Gasteiger partial charge in [-0.25, -0.2) is 0 Å². The predicted molar refractivity (Wildman–Crippen MR) is 122 cm³/mol. The number of amides is 1. The number of allylic oxidation sites excluding steroid dienone is 5. The van der Waals surface area contributed by atoms with Crippen LogP contribution < -0.4 is 10.6 Å². The number of halogens is 1. The summed E-state index contributed by atoms with van der Waals surface area (Å²) in [5.74, 6) is -0.182. The molecule has 0 saturated carbocycles. The van der Waals surface area contributed by atoms with Gasteiger partial charge in [0.05, 0.1) is 11.1 Å². The van der Waals surface area contributed by atoms with E-state index in [9.17, 15) is 9.90 Å². The number of benzene rings is 1. The lowest BCUT2D eigenvalue weighted by molar-refractivity contribution is 0.0954. The second-order valence-electron chi connectivity index (χ2n) is 8.32. The molecule has 2 aliphatic heterocycles. The molecule has 158 valence electrons. The van der Waals surface area contributed by atoms with E-state index in [2.05, 4.69) is 53.5 Å². The fourth-order valence-electron chi connectivity index (χ4n) is 4.35. The lowest BCUT2D eigenvalue weighted by Gasteiger charge is -2.26. The second kappa shape index (κ2) is 8.32. The molecular weight excluding hydrogens is 398 g/mol. The van der Waals surface area contributed by atoms with E-state index in [-0.39, 0.29) is 18.5 Å². The lowest BCUT2D eigenvalue weighted by Crippen LogP contribution is -2.38. The molecular formula is C24H28ClN3O2. The van der Waals surface area contributed by atoms with Crippen molar-refractivity contribution in [3.8, 4) is 0 Å². The lowest BCUT2D eigenvalue weighted by atomic mass is 9.97. The monoisotopic (exact) mass is 425 g/mol. The van der Waals surface area contributed by atoms with Gasteiger partial charge in [0, 0.05) is 40.5 Å². The highest BCUT2D eigenvalue weighted by Crippen LogP contribution is 2.32. The van der Waals surface area contributed by atoms with Gasteiger partial charge in [0.1, 0.15) is 6.23 Å². The Morgan fingerprint density at radius 1 is 1.27 bits per heavy atom. The molecule has 0 aliphatic carbocycles. The van der Waals surface area contributed by atoms with Gasteiger partial charge in [-0.3, -0.25) is 4.79 Å². The Balaban J connectivity index is 1.82. The predicted octanol–water partition coefficient (Wildman–Crippen LogP) is 4.62. The summed E-state index contributed by atoms with van der Waals surface area (Å²) in [5, 5.41) is 18.1. The summed E-state index contributed by atoms with van der Waals surface area (Å²) in [6, 6.07) is 3.93. The van der Waals surface area contributed by atoms with Crippen LogP contribution in [0.4, 0.5) is 0 Å². The van der Waals surface area contributed by atoms with Crippen molar-refractivity contribution in [3.05, 3.63) is 69.6 Å². The van der Waals surface area contributed by atoms with E-state index < -0.39 is 6.23 Å². The maximum atomic E-state index is 13.2. The van der Waals surface area contributed by atoms with E-state index in [1.54, 1.807) is 6.07 Å². The Morgan fingerprint density at radius 3 is 2.83 bits per heavy atom. The summed E-state index contributed by atoms with van der Waals surface area (Å²) < 4.78 is 2.18. The highest BCUT2D eigenvalue weighted by Gasteiger charge is 2.23. The van der Waals surface area contributed by atoms with Crippen LogP contribution >= 0.6 is 11.6 Å². The topological polar surface area (TPSA) is 66.3 Å². The number of carbonyl (C=O) groups excluding carboxylic acids is 1. The number of dihydropyridines is 1. The summed E-state index contributed by atoms with van der Waals surface area (Å²) in [6.45, 7) is 6.47. The van der Waals surface area contributed by atoms with Crippen molar-refractivity contribution in [1.82, 2.24) is 15.2 Å².